The molecule has 6 unspecified atom stereocenters. The Morgan fingerprint density at radius 2 is 1.52 bits per heavy atom. The lowest BCUT2D eigenvalue weighted by Gasteiger charge is -2.56. The van der Waals surface area contributed by atoms with Gasteiger partial charge in [-0.15, -0.1) is 0 Å². The van der Waals surface area contributed by atoms with Crippen molar-refractivity contribution in [3.63, 3.8) is 0 Å². The van der Waals surface area contributed by atoms with Gasteiger partial charge in [-0.25, -0.2) is 4.79 Å². The Kier molecular flexibility index (Phi) is 18.8. The first kappa shape index (κ1) is 62.8. The van der Waals surface area contributed by atoms with Crippen molar-refractivity contribution in [1.29, 1.82) is 0 Å². The number of hydrogen-bond donors (Lipinski definition) is 6. The number of aliphatic hydroxyl groups is 5. The van der Waals surface area contributed by atoms with E-state index >= 15 is 9.59 Å². The number of hydrogen-bond acceptors (Lipinski definition) is 15. The number of nitrogens with one attached hydrogen (secondary N) is 1. The van der Waals surface area contributed by atoms with Gasteiger partial charge in [-0.1, -0.05) is 106 Å². The van der Waals surface area contributed by atoms with Crippen LogP contribution in [0.5, 0.6) is 23.0 Å². The molecule has 448 valence electrons. The van der Waals surface area contributed by atoms with Gasteiger partial charge in [-0.05, 0) is 126 Å². The summed E-state index contributed by atoms with van der Waals surface area (Å²) >= 11 is 0. The summed E-state index contributed by atoms with van der Waals surface area (Å²) in [6.45, 7) is 19.7. The second kappa shape index (κ2) is 25.1. The van der Waals surface area contributed by atoms with Crippen LogP contribution in [0.1, 0.15) is 133 Å². The number of carbonyl (C=O) groups is 5. The van der Waals surface area contributed by atoms with Crippen LogP contribution in [0.3, 0.4) is 0 Å². The van der Waals surface area contributed by atoms with E-state index in [-0.39, 0.29) is 69.7 Å². The maximum Gasteiger partial charge on any atom is 0.343 e. The molecule has 0 saturated carbocycles. The fourth-order valence-corrected chi connectivity index (χ4v) is 11.5. The molecule has 0 aromatic heterocycles. The minimum Gasteiger partial charge on any atom is -0.482 e. The molecule has 17 nitrogen and oxygen atoms in total. The standard InChI is InChI=1S/C67H80N2O15/c1-36(2)17-16-30-65(11)31-29-49-57(83-65)48(27-22-37(3)4)59-52(58(49)82-63(78)44-23-25-46(26-24-44)80-64-56(74)55(73)54(72)51(35-70)81-64)53(71)50-33-40(8)60(75)66(79,67(50,84-59)41(9)38(5)6)32-28-39(7)62(77)69(12)42(10)61(76)68-34-45-20-15-19-43-18-13-14-21-47(43)45/h13-15,17-26,28-29,31,33,38,40-42,51,54-56,64,70,72-74,79H,16,27,30,32,34-35H2,1-12H3,(H,68,76)/b39-28-/t40?,41?,42?,51-,54-,55+,56-,64-,65?,66?,67?/m1/s1. The highest BCUT2D eigenvalue weighted by Gasteiger charge is 2.68. The average molecular weight is 1150 g/mol. The molecule has 1 fully saturated rings. The Labute approximate surface area is 491 Å². The van der Waals surface area contributed by atoms with Crippen LogP contribution in [0.4, 0.5) is 0 Å². The van der Waals surface area contributed by atoms with Crippen molar-refractivity contribution in [3.8, 4) is 23.0 Å². The van der Waals surface area contributed by atoms with Gasteiger partial charge in [0.1, 0.15) is 58.9 Å². The van der Waals surface area contributed by atoms with E-state index in [1.165, 1.54) is 48.4 Å². The summed E-state index contributed by atoms with van der Waals surface area (Å²) in [6, 6.07) is 18.3. The van der Waals surface area contributed by atoms with Gasteiger partial charge in [-0.3, -0.25) is 19.2 Å². The summed E-state index contributed by atoms with van der Waals surface area (Å²) in [7, 11) is 1.51. The number of rotatable bonds is 19. The third-order valence-corrected chi connectivity index (χ3v) is 17.0. The molecule has 84 heavy (non-hydrogen) atoms. The summed E-state index contributed by atoms with van der Waals surface area (Å²) in [5.74, 6) is -5.25. The molecule has 4 aromatic rings. The topological polar surface area (TPSA) is 248 Å². The van der Waals surface area contributed by atoms with Crippen molar-refractivity contribution in [2.24, 2.45) is 17.8 Å². The minimum absolute atomic E-state index is 0.00439. The molecule has 0 radical (unpaired) electrons. The zero-order valence-corrected chi connectivity index (χ0v) is 50.0. The number of carbonyl (C=O) groups excluding carboxylic acids is 5. The highest BCUT2D eigenvalue weighted by molar-refractivity contribution is 6.19. The van der Waals surface area contributed by atoms with Crippen LogP contribution in [0.15, 0.2) is 119 Å². The highest BCUT2D eigenvalue weighted by atomic mass is 16.7. The molecular weight excluding hydrogens is 1070 g/mol. The lowest BCUT2D eigenvalue weighted by molar-refractivity contribution is -0.277. The first-order valence-corrected chi connectivity index (χ1v) is 28.8. The monoisotopic (exact) mass is 1150 g/mol. The van der Waals surface area contributed by atoms with Crippen LogP contribution >= 0.6 is 0 Å². The molecular formula is C67H80N2O15. The van der Waals surface area contributed by atoms with Gasteiger partial charge in [0.05, 0.1) is 17.7 Å². The number of likely N-dealkylation sites (N-methyl/N-ethyl adjacent to an activating group) is 1. The van der Waals surface area contributed by atoms with Gasteiger partial charge in [-0.2, -0.15) is 0 Å². The molecule has 0 bridgehead atoms. The number of allylic oxidation sites excluding steroid dienone is 5. The lowest BCUT2D eigenvalue weighted by Crippen LogP contribution is -2.72. The summed E-state index contributed by atoms with van der Waals surface area (Å²) in [5, 5.41) is 59.6. The van der Waals surface area contributed by atoms with Crippen LogP contribution in [0.25, 0.3) is 16.8 Å². The zero-order valence-electron chi connectivity index (χ0n) is 50.0. The number of fused-ring (bicyclic) bond motifs is 4. The number of aliphatic hydroxyl groups excluding tert-OH is 4. The molecule has 0 spiro atoms. The molecule has 1 aliphatic carbocycles. The molecule has 2 amide bonds. The molecule has 3 aliphatic heterocycles. The van der Waals surface area contributed by atoms with Crippen LogP contribution in [0.2, 0.25) is 0 Å². The largest absolute Gasteiger partial charge is 0.482 e. The number of esters is 1. The third kappa shape index (κ3) is 12.0. The zero-order chi connectivity index (χ0) is 61.3. The van der Waals surface area contributed by atoms with Gasteiger partial charge in [0.25, 0.3) is 0 Å². The predicted octanol–water partition coefficient (Wildman–Crippen LogP) is 8.64. The number of nitrogens with zero attached hydrogens (tertiary/aromatic N) is 1. The van der Waals surface area contributed by atoms with Gasteiger partial charge in [0.2, 0.25) is 18.1 Å². The van der Waals surface area contributed by atoms with E-state index in [9.17, 15) is 39.9 Å². The summed E-state index contributed by atoms with van der Waals surface area (Å²) in [6.07, 6.45) is 3.80. The van der Waals surface area contributed by atoms with Crippen LogP contribution in [-0.4, -0.2) is 127 Å². The van der Waals surface area contributed by atoms with E-state index in [1.807, 2.05) is 103 Å². The number of benzene rings is 4. The van der Waals surface area contributed by atoms with Gasteiger partial charge in [0.15, 0.2) is 28.5 Å². The molecule has 17 heteroatoms. The average Bonchev–Trinajstić information content (AvgIpc) is 0.709. The van der Waals surface area contributed by atoms with E-state index in [0.29, 0.717) is 18.4 Å². The van der Waals surface area contributed by atoms with Crippen molar-refractivity contribution >= 4 is 46.2 Å². The van der Waals surface area contributed by atoms with Crippen molar-refractivity contribution in [3.05, 3.63) is 147 Å². The van der Waals surface area contributed by atoms with Crippen molar-refractivity contribution in [1.82, 2.24) is 10.2 Å². The molecule has 11 atom stereocenters. The minimum atomic E-state index is -2.51. The molecule has 8 rings (SSSR count). The maximum atomic E-state index is 16.1. The highest BCUT2D eigenvalue weighted by Crippen LogP contribution is 2.59. The smallest absolute Gasteiger partial charge is 0.343 e. The Hall–Kier alpha value is -7.25. The predicted molar refractivity (Wildman–Crippen MR) is 317 cm³/mol. The van der Waals surface area contributed by atoms with Crippen LogP contribution < -0.4 is 24.3 Å². The van der Waals surface area contributed by atoms with Crippen LogP contribution in [0, 0.1) is 17.8 Å². The SMILES string of the molecule is CC(C)=CCCC1(C)C=Cc2c(c(CC=C(C)C)c3c(c2OC(=O)c2ccc(O[C@@H]4O[C@H](CO)[C@@H](O)[C@H](O)[C@H]4O)cc2)C(=O)C2=CC(C)C(=O)C(O)(C/C=C(/C)C(=O)N(C)C(C)C(=O)NCc4cccc5ccccc45)C2(C(C)C(C)C)O3)O1. The van der Waals surface area contributed by atoms with Crippen LogP contribution in [-0.2, 0) is 32.1 Å². The fraction of sp³-hybridized carbons (Fsp3) is 0.448. The number of Topliss-reactive ketones (excluding diaryl/α,β-unsaturated/α-hetero) is 2. The molecule has 6 N–H and O–H groups in total. The summed E-state index contributed by atoms with van der Waals surface area (Å²) < 4.78 is 32.2. The maximum absolute atomic E-state index is 16.1. The normalized spacial score (nSPS) is 26.1. The van der Waals surface area contributed by atoms with E-state index in [0.717, 1.165) is 27.5 Å². The van der Waals surface area contributed by atoms with Gasteiger partial charge in [0, 0.05) is 48.6 Å². The molecule has 3 heterocycles. The molecule has 1 saturated heterocycles. The van der Waals surface area contributed by atoms with Gasteiger partial charge < -0.3 is 59.4 Å². The molecule has 4 aromatic carbocycles. The second-order valence-electron chi connectivity index (χ2n) is 23.9. The van der Waals surface area contributed by atoms with Crippen molar-refractivity contribution in [2.45, 2.75) is 162 Å². The Morgan fingerprint density at radius 3 is 2.19 bits per heavy atom. The first-order valence-electron chi connectivity index (χ1n) is 28.8. The Balaban J connectivity index is 1.20. The van der Waals surface area contributed by atoms with E-state index in [4.69, 9.17) is 23.7 Å². The molecule has 4 aliphatic rings. The van der Waals surface area contributed by atoms with E-state index < -0.39 is 108 Å². The fourth-order valence-electron chi connectivity index (χ4n) is 11.5. The first-order chi connectivity index (χ1) is 39.7. The third-order valence-electron chi connectivity index (χ3n) is 17.0. The summed E-state index contributed by atoms with van der Waals surface area (Å²) in [4.78, 5) is 75.2. The Bertz CT molecular complexity index is 3360. The van der Waals surface area contributed by atoms with E-state index in [2.05, 4.69) is 11.4 Å². The Morgan fingerprint density at radius 1 is 0.845 bits per heavy atom. The quantitative estimate of drug-likeness (QED) is 0.0223. The number of amides is 2. The number of ketones is 2. The van der Waals surface area contributed by atoms with Gasteiger partial charge >= 0.3 is 5.97 Å². The number of ether oxygens (including phenoxy) is 5. The van der Waals surface area contributed by atoms with Crippen molar-refractivity contribution in [2.75, 3.05) is 13.7 Å². The van der Waals surface area contributed by atoms with E-state index in [1.54, 1.807) is 33.8 Å². The second-order valence-corrected chi connectivity index (χ2v) is 23.9. The lowest BCUT2D eigenvalue weighted by atomic mass is 9.56. The van der Waals surface area contributed by atoms with Crippen molar-refractivity contribution < 1.29 is 73.2 Å². The summed E-state index contributed by atoms with van der Waals surface area (Å²) in [5.41, 5.74) is -1.97.